The average Bonchev–Trinajstić information content (AvgIpc) is 2.93. The number of amides is 1. The molecule has 0 aliphatic carbocycles. The lowest BCUT2D eigenvalue weighted by Crippen LogP contribution is -2.30. The van der Waals surface area contributed by atoms with E-state index in [1.165, 1.54) is 6.33 Å². The number of rotatable bonds is 6. The third kappa shape index (κ3) is 4.24. The summed E-state index contributed by atoms with van der Waals surface area (Å²) in [7, 11) is 0. The molecule has 1 aromatic carbocycles. The summed E-state index contributed by atoms with van der Waals surface area (Å²) in [6.07, 6.45) is 2.02. The van der Waals surface area contributed by atoms with Crippen LogP contribution in [0.25, 0.3) is 0 Å². The smallest absolute Gasteiger partial charge is 0.257 e. The zero-order valence-electron chi connectivity index (χ0n) is 11.0. The second kappa shape index (κ2) is 6.91. The molecule has 0 aliphatic heterocycles. The van der Waals surface area contributed by atoms with Crippen molar-refractivity contribution in [2.24, 2.45) is 0 Å². The quantitative estimate of drug-likeness (QED) is 0.846. The Kier molecular flexibility index (Phi) is 4.95. The van der Waals surface area contributed by atoms with Crippen LogP contribution >= 0.6 is 11.6 Å². The largest absolute Gasteiger partial charge is 0.482 e. The minimum Gasteiger partial charge on any atom is -0.482 e. The number of benzene rings is 1. The lowest BCUT2D eigenvalue weighted by molar-refractivity contribution is -0.123. The van der Waals surface area contributed by atoms with Gasteiger partial charge in [0.2, 0.25) is 0 Å². The molecular formula is C13H15ClN4O2. The molecule has 7 heteroatoms. The van der Waals surface area contributed by atoms with Crippen LogP contribution in [0.2, 0.25) is 5.02 Å². The summed E-state index contributed by atoms with van der Waals surface area (Å²) in [5.74, 6) is 1.03. The first-order chi connectivity index (χ1) is 9.65. The normalized spacial score (nSPS) is 10.3. The van der Waals surface area contributed by atoms with E-state index in [-0.39, 0.29) is 12.5 Å². The minimum absolute atomic E-state index is 0.0699. The fourth-order valence-corrected chi connectivity index (χ4v) is 1.76. The van der Waals surface area contributed by atoms with Gasteiger partial charge in [0.15, 0.2) is 6.61 Å². The number of H-pyrrole nitrogens is 1. The highest BCUT2D eigenvalue weighted by atomic mass is 35.5. The van der Waals surface area contributed by atoms with E-state index in [4.69, 9.17) is 16.3 Å². The van der Waals surface area contributed by atoms with Gasteiger partial charge in [0.05, 0.1) is 5.02 Å². The van der Waals surface area contributed by atoms with Gasteiger partial charge in [-0.1, -0.05) is 17.7 Å². The van der Waals surface area contributed by atoms with E-state index in [1.807, 2.05) is 13.0 Å². The number of hydrogen-bond donors (Lipinski definition) is 2. The van der Waals surface area contributed by atoms with Crippen LogP contribution in [0.3, 0.4) is 0 Å². The van der Waals surface area contributed by atoms with Crippen LogP contribution in [0.4, 0.5) is 0 Å². The topological polar surface area (TPSA) is 79.9 Å². The number of hydrogen-bond acceptors (Lipinski definition) is 4. The Hall–Kier alpha value is -2.08. The molecule has 0 radical (unpaired) electrons. The molecule has 2 aromatic rings. The predicted octanol–water partition coefficient (Wildman–Crippen LogP) is 1.50. The number of ether oxygens (including phenoxy) is 1. The molecule has 0 bridgehead atoms. The monoisotopic (exact) mass is 294 g/mol. The van der Waals surface area contributed by atoms with Gasteiger partial charge in [-0.25, -0.2) is 4.98 Å². The SMILES string of the molecule is Cc1ccc(Cl)c(OCC(=O)NCCc2ncn[nH]2)c1. The van der Waals surface area contributed by atoms with Crippen molar-refractivity contribution in [3.63, 3.8) is 0 Å². The molecule has 0 saturated heterocycles. The maximum Gasteiger partial charge on any atom is 0.257 e. The molecule has 0 saturated carbocycles. The Morgan fingerprint density at radius 1 is 1.50 bits per heavy atom. The van der Waals surface area contributed by atoms with Crippen LogP contribution in [0.1, 0.15) is 11.4 Å². The van der Waals surface area contributed by atoms with Gasteiger partial charge >= 0.3 is 0 Å². The third-order valence-corrected chi connectivity index (χ3v) is 2.91. The number of aryl methyl sites for hydroxylation is 1. The predicted molar refractivity (Wildman–Crippen MR) is 74.8 cm³/mol. The highest BCUT2D eigenvalue weighted by molar-refractivity contribution is 6.32. The van der Waals surface area contributed by atoms with Crippen molar-refractivity contribution < 1.29 is 9.53 Å². The Bertz CT molecular complexity index is 572. The van der Waals surface area contributed by atoms with E-state index in [9.17, 15) is 4.79 Å². The van der Waals surface area contributed by atoms with E-state index < -0.39 is 0 Å². The molecule has 1 heterocycles. The molecule has 106 valence electrons. The van der Waals surface area contributed by atoms with E-state index in [0.29, 0.717) is 23.7 Å². The summed E-state index contributed by atoms with van der Waals surface area (Å²) >= 11 is 5.98. The van der Waals surface area contributed by atoms with Gasteiger partial charge in [-0.3, -0.25) is 9.89 Å². The first kappa shape index (κ1) is 14.3. The van der Waals surface area contributed by atoms with Crippen LogP contribution in [0.15, 0.2) is 24.5 Å². The molecule has 6 nitrogen and oxygen atoms in total. The average molecular weight is 295 g/mol. The molecule has 0 atom stereocenters. The van der Waals surface area contributed by atoms with Gasteiger partial charge in [-0.05, 0) is 24.6 Å². The molecule has 0 spiro atoms. The number of halogens is 1. The van der Waals surface area contributed by atoms with E-state index in [1.54, 1.807) is 12.1 Å². The Labute approximate surface area is 121 Å². The maximum absolute atomic E-state index is 11.6. The fraction of sp³-hybridized carbons (Fsp3) is 0.308. The second-order valence-corrected chi connectivity index (χ2v) is 4.66. The van der Waals surface area contributed by atoms with Crippen molar-refractivity contribution in [3.05, 3.63) is 40.9 Å². The van der Waals surface area contributed by atoms with Gasteiger partial charge < -0.3 is 10.1 Å². The summed E-state index contributed by atoms with van der Waals surface area (Å²) in [6, 6.07) is 5.42. The van der Waals surface area contributed by atoms with Crippen molar-refractivity contribution >= 4 is 17.5 Å². The van der Waals surface area contributed by atoms with E-state index >= 15 is 0 Å². The van der Waals surface area contributed by atoms with Crippen molar-refractivity contribution in [1.82, 2.24) is 20.5 Å². The first-order valence-corrected chi connectivity index (χ1v) is 6.53. The van der Waals surface area contributed by atoms with Gasteiger partial charge in [0.1, 0.15) is 17.9 Å². The highest BCUT2D eigenvalue weighted by Crippen LogP contribution is 2.24. The Morgan fingerprint density at radius 2 is 2.35 bits per heavy atom. The van der Waals surface area contributed by atoms with Crippen LogP contribution in [-0.4, -0.2) is 34.2 Å². The van der Waals surface area contributed by atoms with Crippen molar-refractivity contribution in [2.75, 3.05) is 13.2 Å². The number of carbonyl (C=O) groups excluding carboxylic acids is 1. The van der Waals surface area contributed by atoms with Crippen LogP contribution in [0, 0.1) is 6.92 Å². The molecule has 1 aromatic heterocycles. The van der Waals surface area contributed by atoms with Crippen LogP contribution in [-0.2, 0) is 11.2 Å². The van der Waals surface area contributed by atoms with Gasteiger partial charge in [0.25, 0.3) is 5.91 Å². The molecule has 0 fully saturated rings. The summed E-state index contributed by atoms with van der Waals surface area (Å²) in [6.45, 7) is 2.33. The number of nitrogens with one attached hydrogen (secondary N) is 2. The molecular weight excluding hydrogens is 280 g/mol. The summed E-state index contributed by atoms with van der Waals surface area (Å²) in [4.78, 5) is 15.6. The number of carbonyl (C=O) groups is 1. The molecule has 0 aliphatic rings. The Balaban J connectivity index is 1.73. The zero-order valence-corrected chi connectivity index (χ0v) is 11.8. The molecule has 0 unspecified atom stereocenters. The van der Waals surface area contributed by atoms with Crippen molar-refractivity contribution in [2.45, 2.75) is 13.3 Å². The number of nitrogens with zero attached hydrogens (tertiary/aromatic N) is 2. The number of aromatic nitrogens is 3. The van der Waals surface area contributed by atoms with Crippen molar-refractivity contribution in [1.29, 1.82) is 0 Å². The lowest BCUT2D eigenvalue weighted by atomic mass is 10.2. The maximum atomic E-state index is 11.6. The van der Waals surface area contributed by atoms with Gasteiger partial charge in [-0.2, -0.15) is 5.10 Å². The van der Waals surface area contributed by atoms with Crippen molar-refractivity contribution in [3.8, 4) is 5.75 Å². The molecule has 2 rings (SSSR count). The summed E-state index contributed by atoms with van der Waals surface area (Å²) < 4.78 is 5.39. The van der Waals surface area contributed by atoms with Crippen LogP contribution in [0.5, 0.6) is 5.75 Å². The molecule has 1 amide bonds. The van der Waals surface area contributed by atoms with Gasteiger partial charge in [0, 0.05) is 13.0 Å². The summed E-state index contributed by atoms with van der Waals surface area (Å²) in [5, 5.41) is 9.67. The Morgan fingerprint density at radius 3 is 3.10 bits per heavy atom. The zero-order chi connectivity index (χ0) is 14.4. The molecule has 20 heavy (non-hydrogen) atoms. The first-order valence-electron chi connectivity index (χ1n) is 6.15. The lowest BCUT2D eigenvalue weighted by Gasteiger charge is -2.09. The van der Waals surface area contributed by atoms with Gasteiger partial charge in [-0.15, -0.1) is 0 Å². The van der Waals surface area contributed by atoms with E-state index in [0.717, 1.165) is 11.4 Å². The highest BCUT2D eigenvalue weighted by Gasteiger charge is 2.06. The van der Waals surface area contributed by atoms with Crippen LogP contribution < -0.4 is 10.1 Å². The van der Waals surface area contributed by atoms with E-state index in [2.05, 4.69) is 20.5 Å². The number of aromatic amines is 1. The second-order valence-electron chi connectivity index (χ2n) is 4.25. The standard InChI is InChI=1S/C13H15ClN4O2/c1-9-2-3-10(14)11(6-9)20-7-13(19)15-5-4-12-16-8-17-18-12/h2-3,6,8H,4-5,7H2,1H3,(H,15,19)(H,16,17,18). The molecule has 2 N–H and O–H groups in total. The minimum atomic E-state index is -0.206. The fourth-order valence-electron chi connectivity index (χ4n) is 1.59. The summed E-state index contributed by atoms with van der Waals surface area (Å²) in [5.41, 5.74) is 1.02. The third-order valence-electron chi connectivity index (χ3n) is 2.59.